The molecule has 8 heteroatoms. The molecule has 4 rings (SSSR count). The predicted molar refractivity (Wildman–Crippen MR) is 133 cm³/mol. The topological polar surface area (TPSA) is 77.1 Å². The molecule has 0 saturated carbocycles. The Labute approximate surface area is 209 Å². The van der Waals surface area contributed by atoms with Crippen molar-refractivity contribution < 1.29 is 23.8 Å². The molecule has 7 nitrogen and oxygen atoms in total. The summed E-state index contributed by atoms with van der Waals surface area (Å²) >= 11 is 3.62. The van der Waals surface area contributed by atoms with Crippen LogP contribution in [-0.2, 0) is 14.3 Å². The Morgan fingerprint density at radius 3 is 2.62 bits per heavy atom. The number of amides is 1. The lowest BCUT2D eigenvalue weighted by atomic mass is 9.68. The second kappa shape index (κ2) is 9.74. The third-order valence-corrected chi connectivity index (χ3v) is 7.23. The normalized spacial score (nSPS) is 22.4. The van der Waals surface area contributed by atoms with Crippen molar-refractivity contribution in [3.63, 3.8) is 0 Å². The molecule has 2 heterocycles. The van der Waals surface area contributed by atoms with Gasteiger partial charge in [0.25, 0.3) is 5.91 Å². The number of rotatable bonds is 5. The highest BCUT2D eigenvalue weighted by Gasteiger charge is 2.44. The summed E-state index contributed by atoms with van der Waals surface area (Å²) in [6.07, 6.45) is 1.19. The lowest BCUT2D eigenvalue weighted by molar-refractivity contribution is -0.131. The van der Waals surface area contributed by atoms with Gasteiger partial charge in [-0.05, 0) is 59.3 Å². The van der Waals surface area contributed by atoms with Gasteiger partial charge in [-0.2, -0.15) is 0 Å². The molecule has 184 valence electrons. The number of methoxy groups -OCH3 is 1. The SMILES string of the molecule is CCOc1cc(C2C(C(=O)N3CCOCC3)=C(C)NC3=C2C(=O)CC(C)(C)C3)cc(Br)c1OC. The number of ketones is 1. The molecule has 34 heavy (non-hydrogen) atoms. The summed E-state index contributed by atoms with van der Waals surface area (Å²) in [5, 5.41) is 3.44. The van der Waals surface area contributed by atoms with Gasteiger partial charge in [-0.1, -0.05) is 13.8 Å². The number of morpholine rings is 1. The number of dihydropyridines is 1. The van der Waals surface area contributed by atoms with Gasteiger partial charge in [0, 0.05) is 48.0 Å². The molecule has 1 fully saturated rings. The van der Waals surface area contributed by atoms with Crippen LogP contribution in [0.25, 0.3) is 0 Å². The number of carbonyl (C=O) groups is 2. The molecule has 3 aliphatic rings. The molecule has 1 saturated heterocycles. The lowest BCUT2D eigenvalue weighted by Crippen LogP contribution is -2.45. The van der Waals surface area contributed by atoms with E-state index in [1.807, 2.05) is 30.9 Å². The van der Waals surface area contributed by atoms with E-state index in [1.165, 1.54) is 0 Å². The summed E-state index contributed by atoms with van der Waals surface area (Å²) in [6.45, 7) is 10.6. The van der Waals surface area contributed by atoms with E-state index in [-0.39, 0.29) is 17.1 Å². The van der Waals surface area contributed by atoms with Gasteiger partial charge >= 0.3 is 0 Å². The van der Waals surface area contributed by atoms with E-state index in [0.717, 1.165) is 27.9 Å². The van der Waals surface area contributed by atoms with Crippen LogP contribution in [0, 0.1) is 5.41 Å². The first kappa shape index (κ1) is 24.8. The minimum absolute atomic E-state index is 0.0626. The Balaban J connectivity index is 1.89. The van der Waals surface area contributed by atoms with Crippen LogP contribution in [0.5, 0.6) is 11.5 Å². The maximum absolute atomic E-state index is 13.8. The third kappa shape index (κ3) is 4.62. The van der Waals surface area contributed by atoms with Gasteiger partial charge in [0.15, 0.2) is 17.3 Å². The lowest BCUT2D eigenvalue weighted by Gasteiger charge is -2.41. The number of halogens is 1. The van der Waals surface area contributed by atoms with E-state index in [0.29, 0.717) is 62.0 Å². The molecule has 1 aromatic carbocycles. The van der Waals surface area contributed by atoms with E-state index in [9.17, 15) is 9.59 Å². The molecule has 1 atom stereocenters. The molecule has 0 spiro atoms. The number of benzene rings is 1. The second-order valence-corrected chi connectivity index (χ2v) is 10.7. The number of allylic oxidation sites excluding steroid dienone is 3. The zero-order valence-corrected chi connectivity index (χ0v) is 22.1. The molecule has 1 aliphatic carbocycles. The van der Waals surface area contributed by atoms with Gasteiger partial charge in [0.05, 0.1) is 31.4 Å². The summed E-state index contributed by atoms with van der Waals surface area (Å²) in [5.41, 5.74) is 3.67. The number of nitrogens with zero attached hydrogens (tertiary/aromatic N) is 1. The van der Waals surface area contributed by atoms with Gasteiger partial charge in [0.2, 0.25) is 0 Å². The first-order chi connectivity index (χ1) is 16.2. The van der Waals surface area contributed by atoms with Gasteiger partial charge in [-0.25, -0.2) is 0 Å². The molecule has 0 bridgehead atoms. The van der Waals surface area contributed by atoms with E-state index >= 15 is 0 Å². The Morgan fingerprint density at radius 2 is 1.97 bits per heavy atom. The molecule has 1 amide bonds. The quantitative estimate of drug-likeness (QED) is 0.608. The predicted octanol–water partition coefficient (Wildman–Crippen LogP) is 4.32. The van der Waals surface area contributed by atoms with Gasteiger partial charge in [-0.3, -0.25) is 9.59 Å². The van der Waals surface area contributed by atoms with E-state index in [1.54, 1.807) is 7.11 Å². The average molecular weight is 533 g/mol. The highest BCUT2D eigenvalue weighted by Crippen LogP contribution is 2.49. The van der Waals surface area contributed by atoms with Crippen LogP contribution in [0.1, 0.15) is 52.0 Å². The van der Waals surface area contributed by atoms with Crippen molar-refractivity contribution in [1.29, 1.82) is 0 Å². The fourth-order valence-electron chi connectivity index (χ4n) is 5.21. The number of hydrogen-bond donors (Lipinski definition) is 1. The molecule has 1 aromatic rings. The van der Waals surface area contributed by atoms with E-state index in [2.05, 4.69) is 35.1 Å². The molecule has 1 unspecified atom stereocenters. The summed E-state index contributed by atoms with van der Waals surface area (Å²) in [4.78, 5) is 29.2. The Hall–Kier alpha value is -2.32. The Bertz CT molecular complexity index is 1070. The Morgan fingerprint density at radius 1 is 1.26 bits per heavy atom. The van der Waals surface area contributed by atoms with Crippen LogP contribution in [0.4, 0.5) is 0 Å². The van der Waals surface area contributed by atoms with Crippen LogP contribution in [0.15, 0.2) is 39.1 Å². The highest BCUT2D eigenvalue weighted by atomic mass is 79.9. The van der Waals surface area contributed by atoms with Gasteiger partial charge in [0.1, 0.15) is 0 Å². The fraction of sp³-hybridized carbons (Fsp3) is 0.538. The van der Waals surface area contributed by atoms with Crippen LogP contribution >= 0.6 is 15.9 Å². The largest absolute Gasteiger partial charge is 0.492 e. The molecule has 2 aliphatic heterocycles. The fourth-order valence-corrected chi connectivity index (χ4v) is 5.83. The summed E-state index contributed by atoms with van der Waals surface area (Å²) < 4.78 is 17.6. The van der Waals surface area contributed by atoms with Crippen molar-refractivity contribution >= 4 is 27.6 Å². The number of ether oxygens (including phenoxy) is 3. The first-order valence-electron chi connectivity index (χ1n) is 11.8. The summed E-state index contributed by atoms with van der Waals surface area (Å²) in [6, 6.07) is 3.84. The average Bonchev–Trinajstić information content (AvgIpc) is 2.77. The summed E-state index contributed by atoms with van der Waals surface area (Å²) in [7, 11) is 1.59. The second-order valence-electron chi connectivity index (χ2n) is 9.80. The molecule has 1 N–H and O–H groups in total. The van der Waals surface area contributed by atoms with Crippen molar-refractivity contribution in [2.45, 2.75) is 46.5 Å². The number of hydrogen-bond acceptors (Lipinski definition) is 6. The maximum atomic E-state index is 13.8. The summed E-state index contributed by atoms with van der Waals surface area (Å²) in [5.74, 6) is 0.693. The molecular weight excluding hydrogens is 500 g/mol. The van der Waals surface area contributed by atoms with E-state index in [4.69, 9.17) is 14.2 Å². The zero-order chi connectivity index (χ0) is 24.6. The van der Waals surface area contributed by atoms with Crippen LogP contribution in [0.3, 0.4) is 0 Å². The van der Waals surface area contributed by atoms with Crippen molar-refractivity contribution in [1.82, 2.24) is 10.2 Å². The van der Waals surface area contributed by atoms with Crippen LogP contribution in [-0.4, -0.2) is 56.6 Å². The monoisotopic (exact) mass is 532 g/mol. The Kier molecular flexibility index (Phi) is 7.10. The van der Waals surface area contributed by atoms with E-state index < -0.39 is 5.92 Å². The number of nitrogens with one attached hydrogen (secondary N) is 1. The molecule has 0 radical (unpaired) electrons. The van der Waals surface area contributed by atoms with Crippen molar-refractivity contribution in [3.8, 4) is 11.5 Å². The first-order valence-corrected chi connectivity index (χ1v) is 12.6. The van der Waals surface area contributed by atoms with Gasteiger partial charge < -0.3 is 24.4 Å². The van der Waals surface area contributed by atoms with Crippen molar-refractivity contribution in [3.05, 3.63) is 44.7 Å². The van der Waals surface area contributed by atoms with Crippen molar-refractivity contribution in [2.75, 3.05) is 40.0 Å². The van der Waals surface area contributed by atoms with Crippen LogP contribution < -0.4 is 14.8 Å². The van der Waals surface area contributed by atoms with Crippen molar-refractivity contribution in [2.24, 2.45) is 5.41 Å². The minimum Gasteiger partial charge on any atom is -0.492 e. The standard InChI is InChI=1S/C26H33BrN2O5/c1-6-34-20-12-16(11-17(27)24(20)32-5)22-21(25(31)29-7-9-33-10-8-29)15(2)28-18-13-26(3,4)14-19(30)23(18)22/h11-12,22,28H,6-10,13-14H2,1-5H3. The molecule has 0 aromatic heterocycles. The maximum Gasteiger partial charge on any atom is 0.252 e. The third-order valence-electron chi connectivity index (χ3n) is 6.64. The highest BCUT2D eigenvalue weighted by molar-refractivity contribution is 9.10. The number of Topliss-reactive ketones (excluding diaryl/α,β-unsaturated/α-hetero) is 1. The molecular formula is C26H33BrN2O5. The van der Waals surface area contributed by atoms with Gasteiger partial charge in [-0.15, -0.1) is 0 Å². The zero-order valence-electron chi connectivity index (χ0n) is 20.5. The smallest absolute Gasteiger partial charge is 0.252 e. The minimum atomic E-state index is -0.489. The number of carbonyl (C=O) groups excluding carboxylic acids is 2. The van der Waals surface area contributed by atoms with Crippen LogP contribution in [0.2, 0.25) is 0 Å².